The summed E-state index contributed by atoms with van der Waals surface area (Å²) in [5, 5.41) is 13.3. The van der Waals surface area contributed by atoms with Crippen molar-refractivity contribution in [3.8, 4) is 5.75 Å². The van der Waals surface area contributed by atoms with Crippen molar-refractivity contribution in [3.63, 3.8) is 0 Å². The second-order valence-corrected chi connectivity index (χ2v) is 11.9. The van der Waals surface area contributed by atoms with Crippen LogP contribution in [0.15, 0.2) is 107 Å². The molecule has 6 nitrogen and oxygen atoms in total. The first-order valence-electron chi connectivity index (χ1n) is 14.0. The Morgan fingerprint density at radius 2 is 1.74 bits per heavy atom. The number of ether oxygens (including phenoxy) is 2. The third kappa shape index (κ3) is 7.42. The molecule has 0 bridgehead atoms. The van der Waals surface area contributed by atoms with E-state index in [1.807, 2.05) is 84.9 Å². The second kappa shape index (κ2) is 14.4. The summed E-state index contributed by atoms with van der Waals surface area (Å²) in [5.41, 5.74) is 2.08. The van der Waals surface area contributed by atoms with Crippen LogP contribution in [-0.2, 0) is 22.4 Å². The van der Waals surface area contributed by atoms with Crippen LogP contribution in [0.1, 0.15) is 34.8 Å². The minimum Gasteiger partial charge on any atom is -0.494 e. The molecule has 0 saturated heterocycles. The Morgan fingerprint density at radius 1 is 1.00 bits per heavy atom. The lowest BCUT2D eigenvalue weighted by Gasteiger charge is -2.31. The Balaban J connectivity index is 1.51. The van der Waals surface area contributed by atoms with Gasteiger partial charge in [-0.1, -0.05) is 93.7 Å². The fourth-order valence-corrected chi connectivity index (χ4v) is 6.04. The van der Waals surface area contributed by atoms with Crippen molar-refractivity contribution in [1.82, 2.24) is 5.32 Å². The van der Waals surface area contributed by atoms with Crippen LogP contribution < -0.4 is 10.1 Å². The number of aliphatic hydroxyl groups is 1. The van der Waals surface area contributed by atoms with Gasteiger partial charge in [0.1, 0.15) is 5.75 Å². The van der Waals surface area contributed by atoms with Crippen LogP contribution in [-0.4, -0.2) is 42.2 Å². The van der Waals surface area contributed by atoms with E-state index in [1.165, 1.54) is 0 Å². The van der Waals surface area contributed by atoms with Crippen LogP contribution in [0.4, 0.5) is 0 Å². The van der Waals surface area contributed by atoms with Gasteiger partial charge >= 0.3 is 0 Å². The molecule has 5 rings (SSSR count). The van der Waals surface area contributed by atoms with E-state index >= 15 is 0 Å². The maximum absolute atomic E-state index is 14.4. The molecular formula is C34H31BrCl2N2O4. The van der Waals surface area contributed by atoms with Gasteiger partial charge in [-0.2, -0.15) is 0 Å². The van der Waals surface area contributed by atoms with Gasteiger partial charge in [-0.3, -0.25) is 4.79 Å². The predicted molar refractivity (Wildman–Crippen MR) is 174 cm³/mol. The molecular weight excluding hydrogens is 651 g/mol. The highest BCUT2D eigenvalue weighted by Gasteiger charge is 2.53. The van der Waals surface area contributed by atoms with Gasteiger partial charge in [-0.15, -0.1) is 0 Å². The molecule has 9 heteroatoms. The fraction of sp³-hybridized carbons (Fsp3) is 0.235. The number of aliphatic imine (C=N–C) groups is 1. The maximum Gasteiger partial charge on any atom is 0.252 e. The topological polar surface area (TPSA) is 80.2 Å². The van der Waals surface area contributed by atoms with Crippen LogP contribution in [0.5, 0.6) is 5.75 Å². The number of carbonyl (C=O) groups is 1. The number of hydrogen-bond donors (Lipinski definition) is 2. The van der Waals surface area contributed by atoms with Crippen molar-refractivity contribution < 1.29 is 19.4 Å². The van der Waals surface area contributed by atoms with E-state index in [0.29, 0.717) is 54.1 Å². The molecule has 0 radical (unpaired) electrons. The molecule has 0 unspecified atom stereocenters. The summed E-state index contributed by atoms with van der Waals surface area (Å²) in [6, 6.07) is 30.3. The second-order valence-electron chi connectivity index (χ2n) is 10.2. The molecule has 1 aliphatic heterocycles. The van der Waals surface area contributed by atoms with E-state index in [4.69, 9.17) is 42.8 Å². The number of rotatable bonds is 12. The summed E-state index contributed by atoms with van der Waals surface area (Å²) in [6.07, 6.45) is 0.682. The smallest absolute Gasteiger partial charge is 0.252 e. The highest BCUT2D eigenvalue weighted by Crippen LogP contribution is 2.44. The SMILES string of the molecule is O=C(NCCc1ccc(Cl)cc1Cl)[C@]1(Cc2ccccc2)N=C(c2ccc(OCCCO)cc2)O[C@@H]1c1ccccc1Br. The van der Waals surface area contributed by atoms with Crippen LogP contribution in [0.3, 0.4) is 0 Å². The molecule has 4 aromatic rings. The first-order chi connectivity index (χ1) is 20.9. The summed E-state index contributed by atoms with van der Waals surface area (Å²) in [6.45, 7) is 0.834. The van der Waals surface area contributed by atoms with Gasteiger partial charge in [-0.25, -0.2) is 4.99 Å². The third-order valence-corrected chi connectivity index (χ3v) is 8.54. The van der Waals surface area contributed by atoms with Gasteiger partial charge in [0.05, 0.1) is 6.61 Å². The summed E-state index contributed by atoms with van der Waals surface area (Å²) in [4.78, 5) is 19.5. The van der Waals surface area contributed by atoms with Crippen molar-refractivity contribution in [2.24, 2.45) is 4.99 Å². The number of amides is 1. The highest BCUT2D eigenvalue weighted by molar-refractivity contribution is 9.10. The largest absolute Gasteiger partial charge is 0.494 e. The van der Waals surface area contributed by atoms with E-state index < -0.39 is 11.6 Å². The summed E-state index contributed by atoms with van der Waals surface area (Å²) in [5.74, 6) is 0.794. The van der Waals surface area contributed by atoms with E-state index in [0.717, 1.165) is 26.7 Å². The van der Waals surface area contributed by atoms with Crippen molar-refractivity contribution in [1.29, 1.82) is 0 Å². The van der Waals surface area contributed by atoms with Gasteiger partial charge in [0.25, 0.3) is 5.91 Å². The molecule has 0 aliphatic carbocycles. The molecule has 1 aliphatic rings. The molecule has 1 amide bonds. The maximum atomic E-state index is 14.4. The molecule has 0 saturated carbocycles. The van der Waals surface area contributed by atoms with E-state index in [9.17, 15) is 4.79 Å². The molecule has 2 atom stereocenters. The first kappa shape index (κ1) is 31.1. The Kier molecular flexibility index (Phi) is 10.4. The number of halogens is 3. The first-order valence-corrected chi connectivity index (χ1v) is 15.6. The molecule has 222 valence electrons. The Morgan fingerprint density at radius 3 is 2.47 bits per heavy atom. The van der Waals surface area contributed by atoms with Crippen LogP contribution >= 0.6 is 39.1 Å². The normalized spacial score (nSPS) is 17.7. The summed E-state index contributed by atoms with van der Waals surface area (Å²) in [7, 11) is 0. The van der Waals surface area contributed by atoms with Crippen LogP contribution in [0, 0.1) is 0 Å². The number of aliphatic hydroxyl groups excluding tert-OH is 1. The van der Waals surface area contributed by atoms with Gasteiger partial charge < -0.3 is 19.9 Å². The number of benzene rings is 4. The molecule has 1 heterocycles. The fourth-order valence-electron chi connectivity index (χ4n) is 5.04. The lowest BCUT2D eigenvalue weighted by Crippen LogP contribution is -2.50. The van der Waals surface area contributed by atoms with Gasteiger partial charge in [0, 0.05) is 51.6 Å². The molecule has 0 spiro atoms. The highest BCUT2D eigenvalue weighted by atomic mass is 79.9. The van der Waals surface area contributed by atoms with Crippen LogP contribution in [0.25, 0.3) is 0 Å². The van der Waals surface area contributed by atoms with Crippen molar-refractivity contribution in [2.45, 2.75) is 30.9 Å². The van der Waals surface area contributed by atoms with E-state index in [-0.39, 0.29) is 12.5 Å². The lowest BCUT2D eigenvalue weighted by molar-refractivity contribution is -0.128. The average Bonchev–Trinajstić information content (AvgIpc) is 3.39. The standard InChI is InChI=1S/C34H31BrCl2N2O4/c35-29-10-5-4-9-28(29)31-34(22-23-7-2-1-3-8-23,33(41)38-18-17-24-11-14-26(36)21-30(24)37)39-32(43-31)25-12-15-27(16-13-25)42-20-6-19-40/h1-5,7-16,21,31,40H,6,17-20,22H2,(H,38,41)/t31-,34-/m1/s1. The zero-order valence-electron chi connectivity index (χ0n) is 23.3. The zero-order valence-corrected chi connectivity index (χ0v) is 26.4. The molecule has 4 aromatic carbocycles. The Bertz CT molecular complexity index is 1580. The lowest BCUT2D eigenvalue weighted by atomic mass is 9.82. The van der Waals surface area contributed by atoms with Crippen molar-refractivity contribution in [3.05, 3.63) is 134 Å². The predicted octanol–water partition coefficient (Wildman–Crippen LogP) is 7.38. The molecule has 0 aromatic heterocycles. The molecule has 2 N–H and O–H groups in total. The Hall–Kier alpha value is -3.36. The number of nitrogens with zero attached hydrogens (tertiary/aromatic N) is 1. The third-order valence-electron chi connectivity index (χ3n) is 7.23. The number of carbonyl (C=O) groups excluding carboxylic acids is 1. The van der Waals surface area contributed by atoms with E-state index in [2.05, 4.69) is 21.2 Å². The zero-order chi connectivity index (χ0) is 30.2. The van der Waals surface area contributed by atoms with Crippen molar-refractivity contribution in [2.75, 3.05) is 19.8 Å². The van der Waals surface area contributed by atoms with Crippen molar-refractivity contribution >= 4 is 50.9 Å². The minimum atomic E-state index is -1.30. The molecule has 0 fully saturated rings. The quantitative estimate of drug-likeness (QED) is 0.153. The van der Waals surface area contributed by atoms with Crippen LogP contribution in [0.2, 0.25) is 10.0 Å². The average molecular weight is 682 g/mol. The number of nitrogens with one attached hydrogen (secondary N) is 1. The van der Waals surface area contributed by atoms with Gasteiger partial charge in [0.15, 0.2) is 11.6 Å². The van der Waals surface area contributed by atoms with Gasteiger partial charge in [-0.05, 0) is 60.0 Å². The summed E-state index contributed by atoms with van der Waals surface area (Å²) < 4.78 is 13.1. The monoisotopic (exact) mass is 680 g/mol. The van der Waals surface area contributed by atoms with E-state index in [1.54, 1.807) is 12.1 Å². The Labute approximate surface area is 269 Å². The number of hydrogen-bond acceptors (Lipinski definition) is 5. The minimum absolute atomic E-state index is 0.0669. The summed E-state index contributed by atoms with van der Waals surface area (Å²) >= 11 is 16.1. The van der Waals surface area contributed by atoms with Gasteiger partial charge in [0.2, 0.25) is 5.90 Å². The molecule has 43 heavy (non-hydrogen) atoms.